The van der Waals surface area contributed by atoms with E-state index in [4.69, 9.17) is 4.74 Å². The number of nitrogens with zero attached hydrogens (tertiary/aromatic N) is 3. The van der Waals surface area contributed by atoms with Crippen molar-refractivity contribution >= 4 is 11.7 Å². The molecule has 0 aliphatic carbocycles. The Morgan fingerprint density at radius 1 is 1.24 bits per heavy atom. The minimum absolute atomic E-state index is 0.0871. The maximum atomic E-state index is 13.9. The van der Waals surface area contributed by atoms with Gasteiger partial charge in [-0.2, -0.15) is 0 Å². The van der Waals surface area contributed by atoms with Crippen molar-refractivity contribution in [1.29, 1.82) is 0 Å². The van der Waals surface area contributed by atoms with Gasteiger partial charge in [0.2, 0.25) is 0 Å². The third kappa shape index (κ3) is 4.98. The normalized spacial score (nSPS) is 13.9. The van der Waals surface area contributed by atoms with Crippen molar-refractivity contribution in [2.24, 2.45) is 0 Å². The van der Waals surface area contributed by atoms with Gasteiger partial charge in [0.1, 0.15) is 11.6 Å². The van der Waals surface area contributed by atoms with Crippen LogP contribution in [-0.2, 0) is 24.4 Å². The predicted octanol–water partition coefficient (Wildman–Crippen LogP) is 3.78. The summed E-state index contributed by atoms with van der Waals surface area (Å²) in [7, 11) is 0. The molecule has 1 aromatic carbocycles. The van der Waals surface area contributed by atoms with Crippen LogP contribution < -0.4 is 5.32 Å². The van der Waals surface area contributed by atoms with Gasteiger partial charge in [0, 0.05) is 55.6 Å². The molecule has 0 fully saturated rings. The molecule has 4 rings (SSSR count). The lowest BCUT2D eigenvalue weighted by atomic mass is 9.95. The average Bonchev–Trinajstić information content (AvgIpc) is 3.22. The van der Waals surface area contributed by atoms with Gasteiger partial charge in [-0.15, -0.1) is 0 Å². The van der Waals surface area contributed by atoms with Gasteiger partial charge in [-0.3, -0.25) is 19.6 Å². The first-order valence-electron chi connectivity index (χ1n) is 10.8. The molecule has 7 nitrogen and oxygen atoms in total. The van der Waals surface area contributed by atoms with E-state index in [-0.39, 0.29) is 36.8 Å². The lowest BCUT2D eigenvalue weighted by Gasteiger charge is -2.20. The van der Waals surface area contributed by atoms with Gasteiger partial charge in [0.25, 0.3) is 5.91 Å². The predicted molar refractivity (Wildman–Crippen MR) is 116 cm³/mol. The summed E-state index contributed by atoms with van der Waals surface area (Å²) < 4.78 is 34.4. The van der Waals surface area contributed by atoms with Crippen LogP contribution in [0, 0.1) is 11.6 Å². The summed E-state index contributed by atoms with van der Waals surface area (Å²) in [6.45, 7) is 2.97. The highest BCUT2D eigenvalue weighted by Gasteiger charge is 2.27. The number of halogens is 2. The van der Waals surface area contributed by atoms with Crippen molar-refractivity contribution in [2.75, 3.05) is 6.61 Å². The summed E-state index contributed by atoms with van der Waals surface area (Å²) >= 11 is 0. The maximum Gasteiger partial charge on any atom is 0.253 e. The first kappa shape index (κ1) is 22.7. The highest BCUT2D eigenvalue weighted by atomic mass is 19.1. The minimum atomic E-state index is -0.733. The number of hydrogen-bond donors (Lipinski definition) is 1. The van der Waals surface area contributed by atoms with Crippen molar-refractivity contribution in [3.63, 3.8) is 0 Å². The molecule has 0 radical (unpaired) electrons. The summed E-state index contributed by atoms with van der Waals surface area (Å²) in [5, 5.41) is 2.66. The highest BCUT2D eigenvalue weighted by molar-refractivity contribution is 6.01. The van der Waals surface area contributed by atoms with Gasteiger partial charge in [0.15, 0.2) is 5.78 Å². The Bertz CT molecular complexity index is 1160. The minimum Gasteiger partial charge on any atom is -0.373 e. The summed E-state index contributed by atoms with van der Waals surface area (Å²) in [4.78, 5) is 34.5. The maximum absolute atomic E-state index is 13.9. The van der Waals surface area contributed by atoms with Gasteiger partial charge < -0.3 is 14.6 Å². The van der Waals surface area contributed by atoms with Crippen molar-refractivity contribution in [3.8, 4) is 0 Å². The van der Waals surface area contributed by atoms with Crippen molar-refractivity contribution in [3.05, 3.63) is 82.7 Å². The molecule has 9 heteroatoms. The Balaban J connectivity index is 1.54. The number of ketones is 1. The summed E-state index contributed by atoms with van der Waals surface area (Å²) in [6.07, 6.45) is 5.81. The lowest BCUT2D eigenvalue weighted by Crippen LogP contribution is -2.26. The second-order valence-electron chi connectivity index (χ2n) is 7.88. The summed E-state index contributed by atoms with van der Waals surface area (Å²) in [5.74, 6) is -2.05. The zero-order chi connectivity index (χ0) is 23.4. The molecule has 1 amide bonds. The van der Waals surface area contributed by atoms with E-state index in [1.807, 2.05) is 11.5 Å². The zero-order valence-corrected chi connectivity index (χ0v) is 18.2. The Kier molecular flexibility index (Phi) is 6.88. The van der Waals surface area contributed by atoms with E-state index < -0.39 is 17.5 Å². The molecule has 3 aromatic rings. The van der Waals surface area contributed by atoms with E-state index in [9.17, 15) is 18.4 Å². The number of carbonyl (C=O) groups is 2. The van der Waals surface area contributed by atoms with Crippen molar-refractivity contribution in [2.45, 2.75) is 45.4 Å². The van der Waals surface area contributed by atoms with E-state index >= 15 is 0 Å². The molecular weight excluding hydrogens is 430 g/mol. The number of carbonyl (C=O) groups excluding carboxylic acids is 2. The molecule has 1 aliphatic rings. The number of nitrogens with one attached hydrogen (secondary N) is 1. The monoisotopic (exact) mass is 454 g/mol. The molecule has 0 spiro atoms. The molecule has 1 atom stereocenters. The fraction of sp³-hybridized carbons (Fsp3) is 0.333. The molecule has 0 saturated heterocycles. The fourth-order valence-electron chi connectivity index (χ4n) is 4.00. The van der Waals surface area contributed by atoms with Crippen LogP contribution in [0.4, 0.5) is 8.78 Å². The number of Topliss-reactive ketones (excluding diaryl/α,β-unsaturated/α-hetero) is 1. The topological polar surface area (TPSA) is 86.1 Å². The summed E-state index contributed by atoms with van der Waals surface area (Å²) in [6, 6.07) is 4.77. The van der Waals surface area contributed by atoms with Gasteiger partial charge in [0.05, 0.1) is 35.9 Å². The van der Waals surface area contributed by atoms with E-state index in [1.54, 1.807) is 24.7 Å². The Labute approximate surface area is 189 Å². The van der Waals surface area contributed by atoms with Crippen LogP contribution >= 0.6 is 0 Å². The SMILES string of the molecule is CC[C@@H](CC(=O)c1cc(C(=O)NCc2ccc(F)cc2F)c2n1CCOC2)c1cnccn1. The number of rotatable bonds is 8. The molecule has 3 heterocycles. The average molecular weight is 454 g/mol. The van der Waals surface area contributed by atoms with Crippen LogP contribution in [0.2, 0.25) is 0 Å². The van der Waals surface area contributed by atoms with Crippen molar-refractivity contribution < 1.29 is 23.1 Å². The highest BCUT2D eigenvalue weighted by Crippen LogP contribution is 2.27. The Morgan fingerprint density at radius 2 is 2.09 bits per heavy atom. The molecule has 0 saturated carbocycles. The number of fused-ring (bicyclic) bond motifs is 1. The molecule has 172 valence electrons. The molecule has 33 heavy (non-hydrogen) atoms. The first-order valence-corrected chi connectivity index (χ1v) is 10.8. The smallest absolute Gasteiger partial charge is 0.253 e. The van der Waals surface area contributed by atoms with Gasteiger partial charge in [-0.1, -0.05) is 13.0 Å². The van der Waals surface area contributed by atoms with E-state index in [1.165, 1.54) is 6.07 Å². The van der Waals surface area contributed by atoms with Crippen LogP contribution in [0.15, 0.2) is 42.9 Å². The molecule has 2 aromatic heterocycles. The largest absolute Gasteiger partial charge is 0.373 e. The second-order valence-corrected chi connectivity index (χ2v) is 7.88. The number of benzene rings is 1. The third-order valence-corrected chi connectivity index (χ3v) is 5.82. The van der Waals surface area contributed by atoms with Crippen LogP contribution in [0.3, 0.4) is 0 Å². The molecule has 1 N–H and O–H groups in total. The number of aromatic nitrogens is 3. The second kappa shape index (κ2) is 9.99. The standard InChI is InChI=1S/C24H24F2N4O3/c1-2-15(20-13-27-5-6-28-20)9-23(31)21-11-18(22-14-33-8-7-30(21)22)24(32)29-12-16-3-4-17(25)10-19(16)26/h3-6,10-11,13,15H,2,7-9,12,14H2,1H3,(H,29,32)/t15-/m0/s1. The Hall–Kier alpha value is -3.46. The third-order valence-electron chi connectivity index (χ3n) is 5.82. The number of amides is 1. The molecule has 1 aliphatic heterocycles. The van der Waals surface area contributed by atoms with Crippen molar-refractivity contribution in [1.82, 2.24) is 19.9 Å². The van der Waals surface area contributed by atoms with Gasteiger partial charge >= 0.3 is 0 Å². The summed E-state index contributed by atoms with van der Waals surface area (Å²) in [5.41, 5.74) is 2.28. The number of ether oxygens (including phenoxy) is 1. The van der Waals surface area contributed by atoms with Crippen LogP contribution in [0.1, 0.15) is 63.5 Å². The van der Waals surface area contributed by atoms with Crippen LogP contribution in [0.5, 0.6) is 0 Å². The van der Waals surface area contributed by atoms with E-state index in [2.05, 4.69) is 15.3 Å². The van der Waals surface area contributed by atoms with E-state index in [0.29, 0.717) is 30.1 Å². The van der Waals surface area contributed by atoms with E-state index in [0.717, 1.165) is 24.2 Å². The first-order chi connectivity index (χ1) is 16.0. The number of hydrogen-bond acceptors (Lipinski definition) is 5. The van der Waals surface area contributed by atoms with Crippen LogP contribution in [-0.4, -0.2) is 32.8 Å². The fourth-order valence-corrected chi connectivity index (χ4v) is 4.00. The molecule has 0 bridgehead atoms. The Morgan fingerprint density at radius 3 is 2.82 bits per heavy atom. The van der Waals surface area contributed by atoms with Gasteiger partial charge in [-0.25, -0.2) is 8.78 Å². The lowest BCUT2D eigenvalue weighted by molar-refractivity contribution is 0.0783. The molecule has 0 unspecified atom stereocenters. The zero-order valence-electron chi connectivity index (χ0n) is 18.2. The molecular formula is C24H24F2N4O3. The van der Waals surface area contributed by atoms with Gasteiger partial charge in [-0.05, 0) is 18.6 Å². The van der Waals surface area contributed by atoms with Crippen LogP contribution in [0.25, 0.3) is 0 Å². The quantitative estimate of drug-likeness (QED) is 0.524.